The van der Waals surface area contributed by atoms with Gasteiger partial charge in [0.25, 0.3) is 11.5 Å². The number of fused-ring (bicyclic) bond motifs is 1. The lowest BCUT2D eigenvalue weighted by Gasteiger charge is -2.32. The molecule has 4 rings (SSSR count). The second-order valence-electron chi connectivity index (χ2n) is 8.92. The van der Waals surface area contributed by atoms with Crippen molar-refractivity contribution in [3.8, 4) is 5.69 Å². The summed E-state index contributed by atoms with van der Waals surface area (Å²) in [5.41, 5.74) is 1.97. The lowest BCUT2D eigenvalue weighted by molar-refractivity contribution is 0.0650. The first-order valence-electron chi connectivity index (χ1n) is 11.4. The number of nitrogens with zero attached hydrogens (tertiary/aromatic N) is 3. The molecule has 0 bridgehead atoms. The van der Waals surface area contributed by atoms with E-state index >= 15 is 0 Å². The van der Waals surface area contributed by atoms with Crippen molar-refractivity contribution >= 4 is 16.8 Å². The summed E-state index contributed by atoms with van der Waals surface area (Å²) in [7, 11) is 0. The highest BCUT2D eigenvalue weighted by molar-refractivity contribution is 5.94. The van der Waals surface area contributed by atoms with Crippen LogP contribution in [0.15, 0.2) is 77.6 Å². The molecular formula is C28H28FN3O2. The van der Waals surface area contributed by atoms with Gasteiger partial charge in [-0.05, 0) is 55.7 Å². The molecular weight excluding hydrogens is 429 g/mol. The summed E-state index contributed by atoms with van der Waals surface area (Å²) >= 11 is 0. The molecule has 0 aliphatic rings. The molecule has 1 heterocycles. The van der Waals surface area contributed by atoms with Crippen LogP contribution in [0.1, 0.15) is 48.6 Å². The van der Waals surface area contributed by atoms with Crippen LogP contribution >= 0.6 is 0 Å². The fourth-order valence-electron chi connectivity index (χ4n) is 4.22. The molecule has 3 aromatic carbocycles. The highest BCUT2D eigenvalue weighted by Crippen LogP contribution is 2.27. The van der Waals surface area contributed by atoms with Crippen molar-refractivity contribution in [1.82, 2.24) is 14.5 Å². The molecule has 0 fully saturated rings. The van der Waals surface area contributed by atoms with Gasteiger partial charge in [-0.1, -0.05) is 56.3 Å². The van der Waals surface area contributed by atoms with E-state index in [1.165, 1.54) is 12.1 Å². The molecule has 34 heavy (non-hydrogen) atoms. The van der Waals surface area contributed by atoms with E-state index in [1.54, 1.807) is 33.7 Å². The van der Waals surface area contributed by atoms with Gasteiger partial charge in [-0.2, -0.15) is 0 Å². The lowest BCUT2D eigenvalue weighted by Crippen LogP contribution is -2.40. The third kappa shape index (κ3) is 4.36. The number of hydrogen-bond donors (Lipinski definition) is 0. The van der Waals surface area contributed by atoms with Crippen LogP contribution in [0.4, 0.5) is 4.39 Å². The first-order chi connectivity index (χ1) is 16.3. The van der Waals surface area contributed by atoms with Gasteiger partial charge in [0.15, 0.2) is 0 Å². The van der Waals surface area contributed by atoms with Crippen LogP contribution in [0.3, 0.4) is 0 Å². The van der Waals surface area contributed by atoms with Gasteiger partial charge in [0.1, 0.15) is 11.6 Å². The molecule has 0 saturated heterocycles. The number of carbonyl (C=O) groups is 1. The number of aromatic nitrogens is 2. The van der Waals surface area contributed by atoms with Crippen LogP contribution in [0.5, 0.6) is 0 Å². The van der Waals surface area contributed by atoms with Gasteiger partial charge in [0.2, 0.25) is 0 Å². The van der Waals surface area contributed by atoms with E-state index in [1.807, 2.05) is 64.1 Å². The van der Waals surface area contributed by atoms with Crippen LogP contribution in [0.25, 0.3) is 16.6 Å². The Kier molecular flexibility index (Phi) is 6.59. The molecule has 1 aromatic heterocycles. The zero-order valence-corrected chi connectivity index (χ0v) is 19.8. The van der Waals surface area contributed by atoms with Gasteiger partial charge in [-0.25, -0.2) is 9.37 Å². The lowest BCUT2D eigenvalue weighted by atomic mass is 10.1. The smallest absolute Gasteiger partial charge is 0.266 e. The number of rotatable bonds is 6. The van der Waals surface area contributed by atoms with Crippen LogP contribution in [-0.4, -0.2) is 26.9 Å². The maximum Gasteiger partial charge on any atom is 0.266 e. The Balaban J connectivity index is 1.95. The summed E-state index contributed by atoms with van der Waals surface area (Å²) in [6, 6.07) is 20.1. The summed E-state index contributed by atoms with van der Waals surface area (Å²) in [6.45, 7) is 8.15. The fourth-order valence-corrected chi connectivity index (χ4v) is 4.22. The Morgan fingerprint density at radius 2 is 1.62 bits per heavy atom. The summed E-state index contributed by atoms with van der Waals surface area (Å²) in [6.07, 6.45) is 0. The number of benzene rings is 3. The third-order valence-corrected chi connectivity index (χ3v) is 5.93. The molecule has 1 amide bonds. The summed E-state index contributed by atoms with van der Waals surface area (Å²) in [5.74, 6) is -0.449. The van der Waals surface area contributed by atoms with Gasteiger partial charge in [-0.15, -0.1) is 0 Å². The average molecular weight is 458 g/mol. The molecule has 5 nitrogen and oxygen atoms in total. The minimum atomic E-state index is -0.591. The Morgan fingerprint density at radius 3 is 2.32 bits per heavy atom. The standard InChI is InChI=1S/C28H28FN3O2/c1-18(2)17-31(27(33)21-12-6-8-14-23(21)29)20(4)26-30-24-15-9-7-13-22(24)28(34)32(26)25-16-10-5-11-19(25)3/h5-16,18,20H,17H2,1-4H3. The van der Waals surface area contributed by atoms with E-state index in [0.29, 0.717) is 29.0 Å². The quantitative estimate of drug-likeness (QED) is 0.374. The number of carbonyl (C=O) groups excluding carboxylic acids is 1. The first kappa shape index (κ1) is 23.4. The predicted molar refractivity (Wildman–Crippen MR) is 133 cm³/mol. The Hall–Kier alpha value is -3.80. The number of para-hydroxylation sites is 2. The maximum atomic E-state index is 14.6. The number of aryl methyl sites for hydroxylation is 1. The topological polar surface area (TPSA) is 55.2 Å². The van der Waals surface area contributed by atoms with Crippen molar-refractivity contribution in [3.63, 3.8) is 0 Å². The number of halogens is 1. The average Bonchev–Trinajstić information content (AvgIpc) is 2.82. The van der Waals surface area contributed by atoms with Crippen molar-refractivity contribution < 1.29 is 9.18 Å². The Bertz CT molecular complexity index is 1410. The van der Waals surface area contributed by atoms with Gasteiger partial charge >= 0.3 is 0 Å². The van der Waals surface area contributed by atoms with E-state index in [-0.39, 0.29) is 17.0 Å². The summed E-state index contributed by atoms with van der Waals surface area (Å²) in [4.78, 5) is 33.7. The number of amides is 1. The monoisotopic (exact) mass is 457 g/mol. The third-order valence-electron chi connectivity index (χ3n) is 5.93. The summed E-state index contributed by atoms with van der Waals surface area (Å²) < 4.78 is 16.1. The molecule has 0 radical (unpaired) electrons. The normalized spacial score (nSPS) is 12.2. The number of hydrogen-bond acceptors (Lipinski definition) is 3. The van der Waals surface area contributed by atoms with Crippen LogP contribution in [0.2, 0.25) is 0 Å². The first-order valence-corrected chi connectivity index (χ1v) is 11.4. The second-order valence-corrected chi connectivity index (χ2v) is 8.92. The minimum Gasteiger partial charge on any atom is -0.328 e. The summed E-state index contributed by atoms with van der Waals surface area (Å²) in [5, 5.41) is 0.498. The molecule has 6 heteroatoms. The second kappa shape index (κ2) is 9.59. The van der Waals surface area contributed by atoms with Gasteiger partial charge in [0.05, 0.1) is 28.2 Å². The van der Waals surface area contributed by atoms with E-state index in [9.17, 15) is 14.0 Å². The van der Waals surface area contributed by atoms with E-state index in [0.717, 1.165) is 5.56 Å². The molecule has 0 spiro atoms. The highest BCUT2D eigenvalue weighted by atomic mass is 19.1. The van der Waals surface area contributed by atoms with E-state index in [4.69, 9.17) is 4.98 Å². The minimum absolute atomic E-state index is 0.000535. The SMILES string of the molecule is Cc1ccccc1-n1c(C(C)N(CC(C)C)C(=O)c2ccccc2F)nc2ccccc2c1=O. The molecule has 1 atom stereocenters. The zero-order valence-electron chi connectivity index (χ0n) is 19.8. The molecule has 0 aliphatic heterocycles. The van der Waals surface area contributed by atoms with Crippen molar-refractivity contribution in [2.45, 2.75) is 33.7 Å². The maximum absolute atomic E-state index is 14.6. The zero-order chi connectivity index (χ0) is 24.4. The molecule has 1 unspecified atom stereocenters. The van der Waals surface area contributed by atoms with Crippen LogP contribution < -0.4 is 5.56 Å². The van der Waals surface area contributed by atoms with Crippen LogP contribution in [-0.2, 0) is 0 Å². The Morgan fingerprint density at radius 1 is 0.971 bits per heavy atom. The largest absolute Gasteiger partial charge is 0.328 e. The van der Waals surface area contributed by atoms with Crippen LogP contribution in [0, 0.1) is 18.7 Å². The predicted octanol–water partition coefficient (Wildman–Crippen LogP) is 5.69. The molecule has 174 valence electrons. The van der Waals surface area contributed by atoms with Crippen molar-refractivity contribution in [3.05, 3.63) is 106 Å². The van der Waals surface area contributed by atoms with Gasteiger partial charge in [-0.3, -0.25) is 14.2 Å². The highest BCUT2D eigenvalue weighted by Gasteiger charge is 2.29. The Labute approximate surface area is 198 Å². The fraction of sp³-hybridized carbons (Fsp3) is 0.250. The van der Waals surface area contributed by atoms with Crippen molar-refractivity contribution in [2.24, 2.45) is 5.92 Å². The molecule has 0 aliphatic carbocycles. The van der Waals surface area contributed by atoms with Gasteiger partial charge < -0.3 is 4.90 Å². The van der Waals surface area contributed by atoms with E-state index in [2.05, 4.69) is 0 Å². The van der Waals surface area contributed by atoms with E-state index < -0.39 is 17.8 Å². The van der Waals surface area contributed by atoms with Gasteiger partial charge in [0, 0.05) is 6.54 Å². The molecule has 4 aromatic rings. The van der Waals surface area contributed by atoms with Crippen molar-refractivity contribution in [1.29, 1.82) is 0 Å². The molecule has 0 N–H and O–H groups in total. The van der Waals surface area contributed by atoms with Crippen molar-refractivity contribution in [2.75, 3.05) is 6.54 Å². The molecule has 0 saturated carbocycles.